The van der Waals surface area contributed by atoms with Crippen LogP contribution in [0.15, 0.2) is 10.9 Å². The molecule has 0 aromatic carbocycles. The second kappa shape index (κ2) is 3.08. The predicted molar refractivity (Wildman–Crippen MR) is 44.8 cm³/mol. The van der Waals surface area contributed by atoms with Gasteiger partial charge in [0.2, 0.25) is 6.39 Å². The lowest BCUT2D eigenvalue weighted by atomic mass is 9.85. The van der Waals surface area contributed by atoms with E-state index in [-0.39, 0.29) is 5.92 Å². The number of hydrogen-bond acceptors (Lipinski definition) is 5. The van der Waals surface area contributed by atoms with Gasteiger partial charge < -0.3 is 15.0 Å². The van der Waals surface area contributed by atoms with Crippen LogP contribution in [0.1, 0.15) is 19.2 Å². The van der Waals surface area contributed by atoms with Gasteiger partial charge in [-0.3, -0.25) is 0 Å². The van der Waals surface area contributed by atoms with Gasteiger partial charge in [0.25, 0.3) is 0 Å². The molecule has 2 N–H and O–H groups in total. The summed E-state index contributed by atoms with van der Waals surface area (Å²) in [6, 6.07) is 0. The summed E-state index contributed by atoms with van der Waals surface area (Å²) in [5.74, 6) is 0.841. The van der Waals surface area contributed by atoms with Crippen LogP contribution in [0, 0.1) is 5.92 Å². The van der Waals surface area contributed by atoms with Crippen molar-refractivity contribution in [1.82, 2.24) is 10.1 Å². The molecule has 1 aromatic rings. The highest BCUT2D eigenvalue weighted by Crippen LogP contribution is 2.30. The van der Waals surface area contributed by atoms with Crippen molar-refractivity contribution in [2.75, 3.05) is 13.2 Å². The number of rotatable bonds is 2. The first-order valence-electron chi connectivity index (χ1n) is 4.34. The average molecular weight is 183 g/mol. The molecule has 13 heavy (non-hydrogen) atoms. The molecule has 0 saturated carbocycles. The normalized spacial score (nSPS) is 27.4. The van der Waals surface area contributed by atoms with Gasteiger partial charge in [0.15, 0.2) is 5.82 Å². The molecule has 1 fully saturated rings. The SMILES string of the molecule is CC(N)(c1ncon1)C1CCOC1. The summed E-state index contributed by atoms with van der Waals surface area (Å²) in [7, 11) is 0. The Morgan fingerprint density at radius 3 is 3.08 bits per heavy atom. The average Bonchev–Trinajstić information content (AvgIpc) is 2.78. The molecule has 0 radical (unpaired) electrons. The molecule has 0 amide bonds. The van der Waals surface area contributed by atoms with E-state index in [4.69, 9.17) is 10.5 Å². The van der Waals surface area contributed by atoms with E-state index in [1.54, 1.807) is 0 Å². The molecule has 2 unspecified atom stereocenters. The standard InChI is InChI=1S/C8H13N3O2/c1-8(9,6-2-3-12-4-6)7-10-5-13-11-7/h5-6H,2-4,9H2,1H3. The molecule has 2 atom stereocenters. The molecule has 1 aliphatic rings. The minimum atomic E-state index is -0.538. The molecule has 1 aliphatic heterocycles. The third-order valence-electron chi connectivity index (χ3n) is 2.62. The first-order valence-corrected chi connectivity index (χ1v) is 4.34. The second-order valence-corrected chi connectivity index (χ2v) is 3.60. The van der Waals surface area contributed by atoms with Gasteiger partial charge in [-0.25, -0.2) is 0 Å². The molecule has 1 saturated heterocycles. The van der Waals surface area contributed by atoms with Crippen molar-refractivity contribution in [1.29, 1.82) is 0 Å². The van der Waals surface area contributed by atoms with Gasteiger partial charge in [-0.2, -0.15) is 4.98 Å². The van der Waals surface area contributed by atoms with Crippen molar-refractivity contribution in [2.45, 2.75) is 18.9 Å². The lowest BCUT2D eigenvalue weighted by Crippen LogP contribution is -2.42. The fourth-order valence-corrected chi connectivity index (χ4v) is 1.60. The molecule has 2 rings (SSSR count). The summed E-state index contributed by atoms with van der Waals surface area (Å²) < 4.78 is 9.95. The number of nitrogens with two attached hydrogens (primary N) is 1. The maximum atomic E-state index is 6.12. The number of aromatic nitrogens is 2. The van der Waals surface area contributed by atoms with E-state index < -0.39 is 5.54 Å². The summed E-state index contributed by atoms with van der Waals surface area (Å²) in [6.45, 7) is 3.37. The van der Waals surface area contributed by atoms with Crippen molar-refractivity contribution >= 4 is 0 Å². The Balaban J connectivity index is 2.19. The highest BCUT2D eigenvalue weighted by molar-refractivity contribution is 5.03. The van der Waals surface area contributed by atoms with Crippen LogP contribution < -0.4 is 5.73 Å². The molecule has 0 bridgehead atoms. The topological polar surface area (TPSA) is 74.2 Å². The van der Waals surface area contributed by atoms with E-state index in [2.05, 4.69) is 14.7 Å². The Morgan fingerprint density at radius 2 is 2.54 bits per heavy atom. The summed E-state index contributed by atoms with van der Waals surface area (Å²) in [5.41, 5.74) is 5.58. The van der Waals surface area contributed by atoms with E-state index in [9.17, 15) is 0 Å². The Labute approximate surface area is 76.3 Å². The molecule has 72 valence electrons. The smallest absolute Gasteiger partial charge is 0.213 e. The van der Waals surface area contributed by atoms with Crippen LogP contribution in [-0.2, 0) is 10.3 Å². The zero-order chi connectivity index (χ0) is 9.31. The molecule has 0 aliphatic carbocycles. The summed E-state index contributed by atoms with van der Waals surface area (Å²) in [5, 5.41) is 3.77. The van der Waals surface area contributed by atoms with Crippen molar-refractivity contribution in [2.24, 2.45) is 11.7 Å². The lowest BCUT2D eigenvalue weighted by Gasteiger charge is -2.26. The molecule has 5 nitrogen and oxygen atoms in total. The summed E-state index contributed by atoms with van der Waals surface area (Å²) in [6.07, 6.45) is 2.26. The number of nitrogens with zero attached hydrogens (tertiary/aromatic N) is 2. The Hall–Kier alpha value is -0.940. The van der Waals surface area contributed by atoms with Gasteiger partial charge in [0, 0.05) is 12.5 Å². The molecular weight excluding hydrogens is 170 g/mol. The van der Waals surface area contributed by atoms with Crippen LogP contribution in [0.2, 0.25) is 0 Å². The van der Waals surface area contributed by atoms with Gasteiger partial charge in [0.1, 0.15) is 0 Å². The highest BCUT2D eigenvalue weighted by Gasteiger charge is 2.37. The van der Waals surface area contributed by atoms with E-state index in [0.717, 1.165) is 13.0 Å². The molecule has 1 aromatic heterocycles. The quantitative estimate of drug-likeness (QED) is 0.712. The maximum Gasteiger partial charge on any atom is 0.213 e. The van der Waals surface area contributed by atoms with E-state index in [1.807, 2.05) is 6.92 Å². The van der Waals surface area contributed by atoms with Crippen LogP contribution in [0.4, 0.5) is 0 Å². The van der Waals surface area contributed by atoms with E-state index in [1.165, 1.54) is 6.39 Å². The Kier molecular flexibility index (Phi) is 2.05. The van der Waals surface area contributed by atoms with E-state index >= 15 is 0 Å². The molecule has 0 spiro atoms. The minimum absolute atomic E-state index is 0.282. The summed E-state index contributed by atoms with van der Waals surface area (Å²) in [4.78, 5) is 3.97. The van der Waals surface area contributed by atoms with Crippen LogP contribution in [0.5, 0.6) is 0 Å². The molecule has 5 heteroatoms. The molecular formula is C8H13N3O2. The van der Waals surface area contributed by atoms with Crippen LogP contribution in [0.25, 0.3) is 0 Å². The van der Waals surface area contributed by atoms with Crippen LogP contribution in [-0.4, -0.2) is 23.4 Å². The van der Waals surface area contributed by atoms with Crippen molar-refractivity contribution < 1.29 is 9.26 Å². The first-order chi connectivity index (χ1) is 6.21. The van der Waals surface area contributed by atoms with Crippen molar-refractivity contribution in [3.8, 4) is 0 Å². The first kappa shape index (κ1) is 8.65. The van der Waals surface area contributed by atoms with Gasteiger partial charge in [-0.15, -0.1) is 0 Å². The van der Waals surface area contributed by atoms with Crippen LogP contribution >= 0.6 is 0 Å². The highest BCUT2D eigenvalue weighted by atomic mass is 16.5. The van der Waals surface area contributed by atoms with Gasteiger partial charge >= 0.3 is 0 Å². The Morgan fingerprint density at radius 1 is 1.69 bits per heavy atom. The second-order valence-electron chi connectivity index (χ2n) is 3.60. The van der Waals surface area contributed by atoms with Crippen molar-refractivity contribution in [3.05, 3.63) is 12.2 Å². The third kappa shape index (κ3) is 1.45. The van der Waals surface area contributed by atoms with Gasteiger partial charge in [-0.1, -0.05) is 5.16 Å². The zero-order valence-corrected chi connectivity index (χ0v) is 7.56. The Bertz CT molecular complexity index is 265. The van der Waals surface area contributed by atoms with E-state index in [0.29, 0.717) is 12.4 Å². The number of ether oxygens (including phenoxy) is 1. The summed E-state index contributed by atoms with van der Waals surface area (Å²) >= 11 is 0. The fourth-order valence-electron chi connectivity index (χ4n) is 1.60. The van der Waals surface area contributed by atoms with Crippen LogP contribution in [0.3, 0.4) is 0 Å². The lowest BCUT2D eigenvalue weighted by molar-refractivity contribution is 0.163. The monoisotopic (exact) mass is 183 g/mol. The van der Waals surface area contributed by atoms with Gasteiger partial charge in [-0.05, 0) is 13.3 Å². The number of hydrogen-bond donors (Lipinski definition) is 1. The largest absolute Gasteiger partial charge is 0.381 e. The maximum absolute atomic E-state index is 6.12. The fraction of sp³-hybridized carbons (Fsp3) is 0.750. The minimum Gasteiger partial charge on any atom is -0.381 e. The predicted octanol–water partition coefficient (Wildman–Crippen LogP) is 0.280. The third-order valence-corrected chi connectivity index (χ3v) is 2.62. The van der Waals surface area contributed by atoms with Crippen molar-refractivity contribution in [3.63, 3.8) is 0 Å². The zero-order valence-electron chi connectivity index (χ0n) is 7.56. The molecule has 2 heterocycles. The van der Waals surface area contributed by atoms with Gasteiger partial charge in [0.05, 0.1) is 12.1 Å².